The van der Waals surface area contributed by atoms with E-state index in [2.05, 4.69) is 5.32 Å². The third-order valence-electron chi connectivity index (χ3n) is 3.45. The number of ether oxygens (including phenoxy) is 2. The number of nitrogens with one attached hydrogen (secondary N) is 1. The minimum atomic E-state index is -0.559. The van der Waals surface area contributed by atoms with Crippen LogP contribution in [0.5, 0.6) is 5.75 Å². The van der Waals surface area contributed by atoms with Crippen molar-refractivity contribution in [3.63, 3.8) is 0 Å². The standard InChI is InChI=1S/C15H21NO4/c1-10(15(18)16-7-8-19-2)20-12-4-5-13-11(9-12)3-6-14(13)17/h4-5,9-10,14,17H,3,6-8H2,1-2H3,(H,16,18)/t10?,14-/m1/s1. The molecule has 0 bridgehead atoms. The Bertz CT molecular complexity index is 475. The van der Waals surface area contributed by atoms with Crippen LogP contribution in [0.2, 0.25) is 0 Å². The average molecular weight is 279 g/mol. The Morgan fingerprint density at radius 3 is 3.10 bits per heavy atom. The highest BCUT2D eigenvalue weighted by atomic mass is 16.5. The molecule has 1 aromatic carbocycles. The Kier molecular flexibility index (Phi) is 4.98. The molecule has 1 aromatic rings. The van der Waals surface area contributed by atoms with Crippen molar-refractivity contribution in [1.82, 2.24) is 5.32 Å². The number of benzene rings is 1. The van der Waals surface area contributed by atoms with Crippen molar-refractivity contribution >= 4 is 5.91 Å². The fourth-order valence-corrected chi connectivity index (χ4v) is 2.32. The summed E-state index contributed by atoms with van der Waals surface area (Å²) >= 11 is 0. The summed E-state index contributed by atoms with van der Waals surface area (Å²) in [5.74, 6) is 0.495. The van der Waals surface area contributed by atoms with Crippen molar-refractivity contribution in [2.75, 3.05) is 20.3 Å². The molecule has 0 saturated heterocycles. The van der Waals surface area contributed by atoms with Crippen molar-refractivity contribution in [3.8, 4) is 5.75 Å². The van der Waals surface area contributed by atoms with Gasteiger partial charge >= 0.3 is 0 Å². The second-order valence-electron chi connectivity index (χ2n) is 4.96. The van der Waals surface area contributed by atoms with E-state index < -0.39 is 6.10 Å². The van der Waals surface area contributed by atoms with Crippen LogP contribution < -0.4 is 10.1 Å². The van der Waals surface area contributed by atoms with Crippen LogP contribution in [0.4, 0.5) is 0 Å². The molecule has 0 aromatic heterocycles. The quantitative estimate of drug-likeness (QED) is 0.768. The molecule has 1 unspecified atom stereocenters. The van der Waals surface area contributed by atoms with Crippen molar-refractivity contribution in [2.45, 2.75) is 32.0 Å². The molecule has 2 atom stereocenters. The number of rotatable bonds is 6. The molecule has 1 aliphatic rings. The normalized spacial score (nSPS) is 18.4. The van der Waals surface area contributed by atoms with Crippen molar-refractivity contribution in [1.29, 1.82) is 0 Å². The zero-order valence-corrected chi connectivity index (χ0v) is 11.9. The average Bonchev–Trinajstić information content (AvgIpc) is 2.80. The number of aryl methyl sites for hydroxylation is 1. The zero-order valence-electron chi connectivity index (χ0n) is 11.9. The van der Waals surface area contributed by atoms with Gasteiger partial charge in [-0.3, -0.25) is 4.79 Å². The second-order valence-corrected chi connectivity index (χ2v) is 4.96. The van der Waals surface area contributed by atoms with Gasteiger partial charge in [0.25, 0.3) is 5.91 Å². The number of aliphatic hydroxyl groups is 1. The summed E-state index contributed by atoms with van der Waals surface area (Å²) in [5, 5.41) is 12.5. The highest BCUT2D eigenvalue weighted by Crippen LogP contribution is 2.33. The van der Waals surface area contributed by atoms with Crippen molar-refractivity contribution < 1.29 is 19.4 Å². The first-order chi connectivity index (χ1) is 9.61. The van der Waals surface area contributed by atoms with E-state index >= 15 is 0 Å². The summed E-state index contributed by atoms with van der Waals surface area (Å²) in [6.07, 6.45) is 0.679. The van der Waals surface area contributed by atoms with E-state index in [1.54, 1.807) is 20.1 Å². The van der Waals surface area contributed by atoms with Gasteiger partial charge in [-0.25, -0.2) is 0 Å². The van der Waals surface area contributed by atoms with Crippen molar-refractivity contribution in [3.05, 3.63) is 29.3 Å². The number of hydrogen-bond acceptors (Lipinski definition) is 4. The van der Waals surface area contributed by atoms with Gasteiger partial charge in [-0.15, -0.1) is 0 Å². The molecular formula is C15H21NO4. The van der Waals surface area contributed by atoms with E-state index in [1.165, 1.54) is 0 Å². The van der Waals surface area contributed by atoms with E-state index in [1.807, 2.05) is 12.1 Å². The van der Waals surface area contributed by atoms with Gasteiger partial charge in [-0.1, -0.05) is 6.07 Å². The third-order valence-corrected chi connectivity index (χ3v) is 3.45. The number of amides is 1. The SMILES string of the molecule is COCCNC(=O)C(C)Oc1ccc2c(c1)CC[C@H]2O. The minimum absolute atomic E-state index is 0.164. The lowest BCUT2D eigenvalue weighted by Gasteiger charge is -2.15. The Balaban J connectivity index is 1.91. The molecule has 0 heterocycles. The van der Waals surface area contributed by atoms with Crippen molar-refractivity contribution in [2.24, 2.45) is 0 Å². The molecule has 5 heteroatoms. The Morgan fingerprint density at radius 1 is 1.55 bits per heavy atom. The van der Waals surface area contributed by atoms with Gasteiger partial charge in [-0.05, 0) is 43.0 Å². The Morgan fingerprint density at radius 2 is 2.35 bits per heavy atom. The molecule has 0 radical (unpaired) electrons. The summed E-state index contributed by atoms with van der Waals surface area (Å²) in [7, 11) is 1.59. The lowest BCUT2D eigenvalue weighted by molar-refractivity contribution is -0.127. The smallest absolute Gasteiger partial charge is 0.260 e. The summed E-state index contributed by atoms with van der Waals surface area (Å²) in [6.45, 7) is 2.67. The van der Waals surface area contributed by atoms with Gasteiger partial charge in [-0.2, -0.15) is 0 Å². The monoisotopic (exact) mass is 279 g/mol. The van der Waals surface area contributed by atoms with Gasteiger partial charge in [0.2, 0.25) is 0 Å². The number of hydrogen-bond donors (Lipinski definition) is 2. The maximum Gasteiger partial charge on any atom is 0.260 e. The molecule has 110 valence electrons. The maximum absolute atomic E-state index is 11.8. The molecule has 0 saturated carbocycles. The Labute approximate surface area is 118 Å². The molecule has 0 spiro atoms. The Hall–Kier alpha value is -1.59. The van der Waals surface area contributed by atoms with E-state index in [0.29, 0.717) is 18.9 Å². The first-order valence-electron chi connectivity index (χ1n) is 6.86. The molecular weight excluding hydrogens is 258 g/mol. The lowest BCUT2D eigenvalue weighted by atomic mass is 10.1. The largest absolute Gasteiger partial charge is 0.481 e. The van der Waals surface area contributed by atoms with Crippen LogP contribution in [-0.4, -0.2) is 37.4 Å². The molecule has 1 aliphatic carbocycles. The van der Waals surface area contributed by atoms with Crippen LogP contribution in [0.15, 0.2) is 18.2 Å². The molecule has 20 heavy (non-hydrogen) atoms. The summed E-state index contributed by atoms with van der Waals surface area (Å²) in [6, 6.07) is 5.58. The number of aliphatic hydroxyl groups excluding tert-OH is 1. The van der Waals surface area contributed by atoms with Gasteiger partial charge < -0.3 is 19.9 Å². The molecule has 0 fully saturated rings. The van der Waals surface area contributed by atoms with Gasteiger partial charge in [0.1, 0.15) is 5.75 Å². The molecule has 2 N–H and O–H groups in total. The van der Waals surface area contributed by atoms with Crippen LogP contribution in [0.1, 0.15) is 30.6 Å². The molecule has 2 rings (SSSR count). The predicted molar refractivity (Wildman–Crippen MR) is 74.7 cm³/mol. The number of carbonyl (C=O) groups excluding carboxylic acids is 1. The van der Waals surface area contributed by atoms with E-state index in [4.69, 9.17) is 9.47 Å². The maximum atomic E-state index is 11.8. The highest BCUT2D eigenvalue weighted by Gasteiger charge is 2.21. The van der Waals surface area contributed by atoms with Gasteiger partial charge in [0.15, 0.2) is 6.10 Å². The van der Waals surface area contributed by atoms with E-state index in [0.717, 1.165) is 24.0 Å². The highest BCUT2D eigenvalue weighted by molar-refractivity contribution is 5.80. The minimum Gasteiger partial charge on any atom is -0.481 e. The van der Waals surface area contributed by atoms with E-state index in [9.17, 15) is 9.90 Å². The number of fused-ring (bicyclic) bond motifs is 1. The van der Waals surface area contributed by atoms with Crippen LogP contribution in [0, 0.1) is 0 Å². The second kappa shape index (κ2) is 6.72. The molecule has 0 aliphatic heterocycles. The summed E-state index contributed by atoms with van der Waals surface area (Å²) < 4.78 is 10.5. The fourth-order valence-electron chi connectivity index (χ4n) is 2.32. The molecule has 1 amide bonds. The summed E-state index contributed by atoms with van der Waals surface area (Å²) in [5.41, 5.74) is 2.07. The first kappa shape index (κ1) is 14.8. The zero-order chi connectivity index (χ0) is 14.5. The lowest BCUT2D eigenvalue weighted by Crippen LogP contribution is -2.37. The number of carbonyl (C=O) groups is 1. The summed E-state index contributed by atoms with van der Waals surface area (Å²) in [4.78, 5) is 11.8. The fraction of sp³-hybridized carbons (Fsp3) is 0.533. The number of methoxy groups -OCH3 is 1. The topological polar surface area (TPSA) is 67.8 Å². The van der Waals surface area contributed by atoms with Crippen LogP contribution in [0.3, 0.4) is 0 Å². The molecule has 5 nitrogen and oxygen atoms in total. The van der Waals surface area contributed by atoms with Crippen LogP contribution in [0.25, 0.3) is 0 Å². The van der Waals surface area contributed by atoms with E-state index in [-0.39, 0.29) is 12.0 Å². The van der Waals surface area contributed by atoms with Gasteiger partial charge in [0, 0.05) is 13.7 Å². The predicted octanol–water partition coefficient (Wildman–Crippen LogP) is 1.20. The first-order valence-corrected chi connectivity index (χ1v) is 6.86. The van der Waals surface area contributed by atoms with Crippen LogP contribution >= 0.6 is 0 Å². The van der Waals surface area contributed by atoms with Crippen LogP contribution in [-0.2, 0) is 16.0 Å². The van der Waals surface area contributed by atoms with Gasteiger partial charge in [0.05, 0.1) is 12.7 Å². The third kappa shape index (κ3) is 3.49.